The van der Waals surface area contributed by atoms with Crippen molar-refractivity contribution in [2.75, 3.05) is 20.7 Å². The number of carbonyl (C=O) groups excluding carboxylic acids is 1. The highest BCUT2D eigenvalue weighted by atomic mass is 16.5. The minimum atomic E-state index is 0.146. The van der Waals surface area contributed by atoms with E-state index < -0.39 is 0 Å². The number of carbonyl (C=O) groups is 1. The molecule has 1 aliphatic carbocycles. The fraction of sp³-hybridized carbons (Fsp3) is 0.348. The number of amides is 1. The number of nitrogens with zero attached hydrogens (tertiary/aromatic N) is 1. The molecule has 140 valence electrons. The number of methoxy groups -OCH3 is 1. The van der Waals surface area contributed by atoms with Gasteiger partial charge in [-0.2, -0.15) is 0 Å². The molecule has 0 bridgehead atoms. The molecule has 0 spiro atoms. The Balaban J connectivity index is 1.46. The Bertz CT molecular complexity index is 959. The number of fused-ring (bicyclic) bond motifs is 2. The average molecular weight is 363 g/mol. The van der Waals surface area contributed by atoms with Crippen molar-refractivity contribution in [3.8, 4) is 5.75 Å². The van der Waals surface area contributed by atoms with Gasteiger partial charge in [-0.3, -0.25) is 4.79 Å². The molecule has 1 amide bonds. The van der Waals surface area contributed by atoms with E-state index in [9.17, 15) is 4.79 Å². The molecule has 4 rings (SSSR count). The third-order valence-corrected chi connectivity index (χ3v) is 5.60. The second kappa shape index (κ2) is 7.47. The van der Waals surface area contributed by atoms with Crippen LogP contribution < -0.4 is 4.74 Å². The minimum Gasteiger partial charge on any atom is -0.496 e. The summed E-state index contributed by atoms with van der Waals surface area (Å²) >= 11 is 0. The SMILES string of the molecule is COc1cccc2c1CCC[C@H]2CN(C)C(=O)Cc1ccc2occc2c1. The predicted octanol–water partition coefficient (Wildman–Crippen LogP) is 4.56. The average Bonchev–Trinajstić information content (AvgIpc) is 3.15. The Morgan fingerprint density at radius 3 is 3.00 bits per heavy atom. The molecule has 0 saturated heterocycles. The zero-order valence-electron chi connectivity index (χ0n) is 15.9. The van der Waals surface area contributed by atoms with Gasteiger partial charge < -0.3 is 14.1 Å². The van der Waals surface area contributed by atoms with Gasteiger partial charge in [0, 0.05) is 24.9 Å². The number of benzene rings is 2. The van der Waals surface area contributed by atoms with E-state index >= 15 is 0 Å². The normalized spacial score (nSPS) is 16.1. The van der Waals surface area contributed by atoms with Crippen molar-refractivity contribution in [3.05, 3.63) is 65.4 Å². The van der Waals surface area contributed by atoms with Gasteiger partial charge in [0.05, 0.1) is 19.8 Å². The highest BCUT2D eigenvalue weighted by molar-refractivity contribution is 5.82. The highest BCUT2D eigenvalue weighted by Crippen LogP contribution is 2.37. The molecular formula is C23H25NO3. The topological polar surface area (TPSA) is 42.7 Å². The van der Waals surface area contributed by atoms with E-state index in [0.717, 1.165) is 48.1 Å². The molecule has 0 fully saturated rings. The summed E-state index contributed by atoms with van der Waals surface area (Å²) in [5.74, 6) is 1.49. The lowest BCUT2D eigenvalue weighted by Gasteiger charge is -2.30. The van der Waals surface area contributed by atoms with E-state index in [1.165, 1.54) is 11.1 Å². The fourth-order valence-corrected chi connectivity index (χ4v) is 4.16. The first kappa shape index (κ1) is 17.7. The lowest BCUT2D eigenvalue weighted by atomic mass is 9.82. The molecule has 4 nitrogen and oxygen atoms in total. The quantitative estimate of drug-likeness (QED) is 0.667. The van der Waals surface area contributed by atoms with E-state index in [0.29, 0.717) is 12.3 Å². The Morgan fingerprint density at radius 2 is 2.15 bits per heavy atom. The molecule has 1 aliphatic rings. The van der Waals surface area contributed by atoms with Crippen LogP contribution in [0.3, 0.4) is 0 Å². The van der Waals surface area contributed by atoms with Gasteiger partial charge in [-0.25, -0.2) is 0 Å². The second-order valence-electron chi connectivity index (χ2n) is 7.36. The van der Waals surface area contributed by atoms with Crippen molar-refractivity contribution < 1.29 is 13.9 Å². The van der Waals surface area contributed by atoms with E-state index in [-0.39, 0.29) is 5.91 Å². The molecule has 1 heterocycles. The van der Waals surface area contributed by atoms with Gasteiger partial charge in [-0.05, 0) is 60.2 Å². The maximum absolute atomic E-state index is 12.8. The van der Waals surface area contributed by atoms with E-state index in [1.54, 1.807) is 13.4 Å². The fourth-order valence-electron chi connectivity index (χ4n) is 4.16. The molecule has 0 radical (unpaired) electrons. The van der Waals surface area contributed by atoms with Crippen LogP contribution in [-0.4, -0.2) is 31.5 Å². The number of hydrogen-bond acceptors (Lipinski definition) is 3. The Labute approximate surface area is 159 Å². The van der Waals surface area contributed by atoms with Crippen LogP contribution in [0.1, 0.15) is 35.4 Å². The van der Waals surface area contributed by atoms with Gasteiger partial charge in [-0.1, -0.05) is 18.2 Å². The molecule has 1 aromatic heterocycles. The molecule has 27 heavy (non-hydrogen) atoms. The molecular weight excluding hydrogens is 338 g/mol. The van der Waals surface area contributed by atoms with Crippen molar-refractivity contribution >= 4 is 16.9 Å². The summed E-state index contributed by atoms with van der Waals surface area (Å²) in [6.45, 7) is 0.743. The van der Waals surface area contributed by atoms with Crippen molar-refractivity contribution in [2.24, 2.45) is 0 Å². The number of ether oxygens (including phenoxy) is 1. The molecule has 0 saturated carbocycles. The standard InChI is InChI=1S/C23H25NO3/c1-24(23(25)14-16-9-10-21-17(13-16)11-12-27-21)15-18-5-3-7-20-19(18)6-4-8-22(20)26-2/h4,6,8-13,18H,3,5,7,14-15H2,1-2H3/t18-/m0/s1. The summed E-state index contributed by atoms with van der Waals surface area (Å²) in [5.41, 5.74) is 4.52. The zero-order valence-corrected chi connectivity index (χ0v) is 15.9. The Hall–Kier alpha value is -2.75. The van der Waals surface area contributed by atoms with Crippen LogP contribution in [0.2, 0.25) is 0 Å². The minimum absolute atomic E-state index is 0.146. The van der Waals surface area contributed by atoms with Crippen LogP contribution in [0, 0.1) is 0 Å². The highest BCUT2D eigenvalue weighted by Gasteiger charge is 2.25. The van der Waals surface area contributed by atoms with Crippen LogP contribution in [0.25, 0.3) is 11.0 Å². The van der Waals surface area contributed by atoms with E-state index in [1.807, 2.05) is 42.3 Å². The molecule has 4 heteroatoms. The van der Waals surface area contributed by atoms with E-state index in [2.05, 4.69) is 12.1 Å². The van der Waals surface area contributed by atoms with Crippen LogP contribution in [0.5, 0.6) is 5.75 Å². The number of likely N-dealkylation sites (N-methyl/N-ethyl adjacent to an activating group) is 1. The summed E-state index contributed by atoms with van der Waals surface area (Å²) in [4.78, 5) is 14.6. The number of hydrogen-bond donors (Lipinski definition) is 0. The third kappa shape index (κ3) is 3.57. The van der Waals surface area contributed by atoms with Gasteiger partial charge in [0.25, 0.3) is 0 Å². The van der Waals surface area contributed by atoms with Crippen molar-refractivity contribution in [3.63, 3.8) is 0 Å². The van der Waals surface area contributed by atoms with Gasteiger partial charge in [-0.15, -0.1) is 0 Å². The summed E-state index contributed by atoms with van der Waals surface area (Å²) in [5, 5.41) is 1.04. The first-order valence-electron chi connectivity index (χ1n) is 9.51. The summed E-state index contributed by atoms with van der Waals surface area (Å²) in [6.07, 6.45) is 5.39. The molecule has 0 unspecified atom stereocenters. The van der Waals surface area contributed by atoms with Crippen LogP contribution >= 0.6 is 0 Å². The first-order valence-corrected chi connectivity index (χ1v) is 9.51. The van der Waals surface area contributed by atoms with Crippen molar-refractivity contribution in [1.82, 2.24) is 4.90 Å². The van der Waals surface area contributed by atoms with E-state index in [4.69, 9.17) is 9.15 Å². The molecule has 0 aliphatic heterocycles. The summed E-state index contributed by atoms with van der Waals surface area (Å²) in [7, 11) is 3.64. The predicted molar refractivity (Wildman–Crippen MR) is 106 cm³/mol. The maximum Gasteiger partial charge on any atom is 0.226 e. The lowest BCUT2D eigenvalue weighted by Crippen LogP contribution is -2.33. The van der Waals surface area contributed by atoms with Crippen molar-refractivity contribution in [1.29, 1.82) is 0 Å². The Kier molecular flexibility index (Phi) is 4.88. The third-order valence-electron chi connectivity index (χ3n) is 5.60. The van der Waals surface area contributed by atoms with Crippen LogP contribution in [0.4, 0.5) is 0 Å². The van der Waals surface area contributed by atoms with Crippen LogP contribution in [-0.2, 0) is 17.6 Å². The Morgan fingerprint density at radius 1 is 1.26 bits per heavy atom. The molecule has 3 aromatic rings. The molecule has 2 aromatic carbocycles. The largest absolute Gasteiger partial charge is 0.496 e. The molecule has 0 N–H and O–H groups in total. The lowest BCUT2D eigenvalue weighted by molar-refractivity contribution is -0.129. The second-order valence-corrected chi connectivity index (χ2v) is 7.36. The van der Waals surface area contributed by atoms with Gasteiger partial charge in [0.1, 0.15) is 11.3 Å². The van der Waals surface area contributed by atoms with Crippen LogP contribution in [0.15, 0.2) is 53.1 Å². The summed E-state index contributed by atoms with van der Waals surface area (Å²) < 4.78 is 10.9. The monoisotopic (exact) mass is 363 g/mol. The van der Waals surface area contributed by atoms with Crippen molar-refractivity contribution in [2.45, 2.75) is 31.6 Å². The smallest absolute Gasteiger partial charge is 0.226 e. The van der Waals surface area contributed by atoms with Gasteiger partial charge in [0.15, 0.2) is 0 Å². The van der Waals surface area contributed by atoms with Gasteiger partial charge in [0.2, 0.25) is 5.91 Å². The number of rotatable bonds is 5. The summed E-state index contributed by atoms with van der Waals surface area (Å²) in [6, 6.07) is 14.1. The van der Waals surface area contributed by atoms with Gasteiger partial charge >= 0.3 is 0 Å². The maximum atomic E-state index is 12.8. The first-order chi connectivity index (χ1) is 13.2. The molecule has 1 atom stereocenters. The zero-order chi connectivity index (χ0) is 18.8. The number of furan rings is 1.